The van der Waals surface area contributed by atoms with Crippen molar-refractivity contribution in [1.29, 1.82) is 0 Å². The highest BCUT2D eigenvalue weighted by atomic mass is 16.5. The summed E-state index contributed by atoms with van der Waals surface area (Å²) in [6.07, 6.45) is 0.723. The molecule has 77 valence electrons. The van der Waals surface area contributed by atoms with Crippen molar-refractivity contribution in [3.63, 3.8) is 0 Å². The van der Waals surface area contributed by atoms with Crippen LogP contribution in [0.4, 0.5) is 0 Å². The van der Waals surface area contributed by atoms with Crippen LogP contribution in [0.3, 0.4) is 0 Å². The maximum atomic E-state index is 5.45. The largest absolute Gasteiger partial charge is 0.497 e. The van der Waals surface area contributed by atoms with Crippen LogP contribution in [0.5, 0.6) is 17.2 Å². The van der Waals surface area contributed by atoms with E-state index in [2.05, 4.69) is 6.92 Å². The van der Waals surface area contributed by atoms with Gasteiger partial charge in [0.15, 0.2) is 11.5 Å². The number of ether oxygens (including phenoxy) is 3. The first-order valence-electron chi connectivity index (χ1n) is 4.46. The van der Waals surface area contributed by atoms with Crippen LogP contribution in [0, 0.1) is 6.92 Å². The average Bonchev–Trinajstić information content (AvgIpc) is 2.25. The average molecular weight is 195 g/mol. The van der Waals surface area contributed by atoms with Crippen molar-refractivity contribution in [2.75, 3.05) is 20.8 Å². The normalized spacial score (nSPS) is 9.64. The lowest BCUT2D eigenvalue weighted by molar-refractivity contribution is 0.296. The van der Waals surface area contributed by atoms with Gasteiger partial charge in [0, 0.05) is 6.07 Å². The molecule has 0 aliphatic heterocycles. The van der Waals surface area contributed by atoms with E-state index < -0.39 is 0 Å². The quantitative estimate of drug-likeness (QED) is 0.721. The van der Waals surface area contributed by atoms with Gasteiger partial charge in [0.1, 0.15) is 5.75 Å². The third-order valence-electron chi connectivity index (χ3n) is 1.77. The van der Waals surface area contributed by atoms with Gasteiger partial charge in [-0.05, 0) is 25.5 Å². The Morgan fingerprint density at radius 2 is 1.93 bits per heavy atom. The Kier molecular flexibility index (Phi) is 4.11. The van der Waals surface area contributed by atoms with E-state index in [1.165, 1.54) is 0 Å². The summed E-state index contributed by atoms with van der Waals surface area (Å²) in [7, 11) is 3.23. The minimum Gasteiger partial charge on any atom is -0.497 e. The highest BCUT2D eigenvalue weighted by molar-refractivity contribution is 5.45. The molecule has 0 N–H and O–H groups in total. The Morgan fingerprint density at radius 1 is 1.14 bits per heavy atom. The molecule has 0 aromatic heterocycles. The smallest absolute Gasteiger partial charge is 0.164 e. The van der Waals surface area contributed by atoms with E-state index in [1.54, 1.807) is 20.3 Å². The predicted octanol–water partition coefficient (Wildman–Crippen LogP) is 2.31. The number of hydrogen-bond donors (Lipinski definition) is 0. The summed E-state index contributed by atoms with van der Waals surface area (Å²) in [4.78, 5) is 0. The van der Waals surface area contributed by atoms with Gasteiger partial charge in [-0.15, -0.1) is 0 Å². The van der Waals surface area contributed by atoms with Crippen molar-refractivity contribution < 1.29 is 14.2 Å². The highest BCUT2D eigenvalue weighted by Crippen LogP contribution is 2.31. The van der Waals surface area contributed by atoms with Gasteiger partial charge in [-0.1, -0.05) is 0 Å². The molecule has 14 heavy (non-hydrogen) atoms. The van der Waals surface area contributed by atoms with Gasteiger partial charge in [0.25, 0.3) is 0 Å². The molecule has 0 bridgehead atoms. The van der Waals surface area contributed by atoms with Crippen molar-refractivity contribution in [1.82, 2.24) is 0 Å². The molecule has 1 aromatic rings. The first-order valence-corrected chi connectivity index (χ1v) is 4.46. The second kappa shape index (κ2) is 5.37. The molecule has 0 fully saturated rings. The molecule has 0 atom stereocenters. The first kappa shape index (κ1) is 10.7. The lowest BCUT2D eigenvalue weighted by Gasteiger charge is -2.10. The number of rotatable bonds is 5. The molecule has 0 aliphatic carbocycles. The molecule has 0 saturated heterocycles. The molecule has 1 radical (unpaired) electrons. The molecule has 3 heteroatoms. The maximum absolute atomic E-state index is 5.45. The fourth-order valence-electron chi connectivity index (χ4n) is 1.08. The zero-order valence-corrected chi connectivity index (χ0v) is 8.58. The van der Waals surface area contributed by atoms with E-state index in [4.69, 9.17) is 14.2 Å². The Labute approximate surface area is 84.6 Å². The van der Waals surface area contributed by atoms with Gasteiger partial charge < -0.3 is 14.2 Å². The van der Waals surface area contributed by atoms with Crippen molar-refractivity contribution in [3.05, 3.63) is 25.1 Å². The molecule has 0 aliphatic rings. The Balaban J connectivity index is 2.84. The van der Waals surface area contributed by atoms with E-state index in [1.807, 2.05) is 12.1 Å². The molecule has 1 rings (SSSR count). The summed E-state index contributed by atoms with van der Waals surface area (Å²) < 4.78 is 15.7. The van der Waals surface area contributed by atoms with E-state index in [0.29, 0.717) is 18.1 Å². The van der Waals surface area contributed by atoms with Crippen LogP contribution < -0.4 is 14.2 Å². The van der Waals surface area contributed by atoms with Crippen molar-refractivity contribution >= 4 is 0 Å². The van der Waals surface area contributed by atoms with Gasteiger partial charge in [0.05, 0.1) is 20.8 Å². The molecule has 0 unspecified atom stereocenters. The highest BCUT2D eigenvalue weighted by Gasteiger charge is 2.05. The zero-order valence-electron chi connectivity index (χ0n) is 8.58. The summed E-state index contributed by atoms with van der Waals surface area (Å²) in [6.45, 7) is 4.27. The van der Waals surface area contributed by atoms with E-state index in [-0.39, 0.29) is 0 Å². The molecule has 0 spiro atoms. The van der Waals surface area contributed by atoms with Crippen LogP contribution in [-0.2, 0) is 0 Å². The Hall–Kier alpha value is -1.38. The van der Waals surface area contributed by atoms with Gasteiger partial charge >= 0.3 is 0 Å². The lowest BCUT2D eigenvalue weighted by atomic mass is 10.3. The van der Waals surface area contributed by atoms with Gasteiger partial charge in [0.2, 0.25) is 0 Å². The first-order chi connectivity index (χ1) is 6.81. The van der Waals surface area contributed by atoms with Gasteiger partial charge in [-0.3, -0.25) is 0 Å². The van der Waals surface area contributed by atoms with Crippen LogP contribution in [-0.4, -0.2) is 20.8 Å². The third kappa shape index (κ3) is 2.55. The zero-order chi connectivity index (χ0) is 10.4. The van der Waals surface area contributed by atoms with Gasteiger partial charge in [-0.25, -0.2) is 0 Å². The number of methoxy groups -OCH3 is 2. The lowest BCUT2D eigenvalue weighted by Crippen LogP contribution is -1.98. The Morgan fingerprint density at radius 3 is 2.50 bits per heavy atom. The molecular formula is C11H15O3. The van der Waals surface area contributed by atoms with Crippen LogP contribution in [0.25, 0.3) is 0 Å². The SMILES string of the molecule is [CH2]CCOc1cc(OC)ccc1OC. The summed E-state index contributed by atoms with van der Waals surface area (Å²) in [6, 6.07) is 5.45. The van der Waals surface area contributed by atoms with Crippen molar-refractivity contribution in [3.8, 4) is 17.2 Å². The topological polar surface area (TPSA) is 27.7 Å². The second-order valence-electron chi connectivity index (χ2n) is 2.72. The molecule has 0 saturated carbocycles. The van der Waals surface area contributed by atoms with Crippen LogP contribution >= 0.6 is 0 Å². The van der Waals surface area contributed by atoms with Crippen LogP contribution in [0.15, 0.2) is 18.2 Å². The third-order valence-corrected chi connectivity index (χ3v) is 1.77. The molecule has 0 amide bonds. The molecular weight excluding hydrogens is 180 g/mol. The second-order valence-corrected chi connectivity index (χ2v) is 2.72. The molecule has 3 nitrogen and oxygen atoms in total. The standard InChI is InChI=1S/C11H15O3/c1-4-7-14-11-8-9(12-2)5-6-10(11)13-3/h5-6,8H,1,4,7H2,2-3H3. The fraction of sp³-hybridized carbons (Fsp3) is 0.364. The summed E-state index contributed by atoms with van der Waals surface area (Å²) in [5, 5.41) is 0. The summed E-state index contributed by atoms with van der Waals surface area (Å²) in [5.41, 5.74) is 0. The van der Waals surface area contributed by atoms with Crippen LogP contribution in [0.2, 0.25) is 0 Å². The minimum absolute atomic E-state index is 0.573. The number of benzene rings is 1. The van der Waals surface area contributed by atoms with Crippen LogP contribution in [0.1, 0.15) is 6.42 Å². The van der Waals surface area contributed by atoms with Crippen molar-refractivity contribution in [2.24, 2.45) is 0 Å². The van der Waals surface area contributed by atoms with Gasteiger partial charge in [-0.2, -0.15) is 0 Å². The Bertz CT molecular complexity index is 284. The molecule has 0 heterocycles. The maximum Gasteiger partial charge on any atom is 0.164 e. The summed E-state index contributed by atoms with van der Waals surface area (Å²) >= 11 is 0. The fourth-order valence-corrected chi connectivity index (χ4v) is 1.08. The molecule has 1 aromatic carbocycles. The van der Waals surface area contributed by atoms with E-state index in [9.17, 15) is 0 Å². The minimum atomic E-state index is 0.573. The number of hydrogen-bond acceptors (Lipinski definition) is 3. The predicted molar refractivity (Wildman–Crippen MR) is 55.0 cm³/mol. The van der Waals surface area contributed by atoms with E-state index >= 15 is 0 Å². The van der Waals surface area contributed by atoms with Crippen molar-refractivity contribution in [2.45, 2.75) is 6.42 Å². The summed E-state index contributed by atoms with van der Waals surface area (Å²) in [5.74, 6) is 2.15. The monoisotopic (exact) mass is 195 g/mol. The van der Waals surface area contributed by atoms with E-state index in [0.717, 1.165) is 12.2 Å².